The van der Waals surface area contributed by atoms with Gasteiger partial charge in [0.25, 0.3) is 0 Å². The second-order valence-electron chi connectivity index (χ2n) is 7.86. The van der Waals surface area contributed by atoms with E-state index in [1.165, 1.54) is 19.1 Å². The third-order valence-corrected chi connectivity index (χ3v) is 5.88. The molecule has 0 aliphatic carbocycles. The molecule has 10 heteroatoms. The Hall–Kier alpha value is -4.08. The predicted octanol–water partition coefficient (Wildman–Crippen LogP) is 1.10. The molecule has 186 valence electrons. The highest BCUT2D eigenvalue weighted by Gasteiger charge is 2.50. The first-order chi connectivity index (χ1) is 16.8. The molecule has 1 unspecified atom stereocenters. The fraction of sp³-hybridized carbons (Fsp3) is 0.360. The molecule has 1 aliphatic heterocycles. The molecule has 0 spiro atoms. The fourth-order valence-electron chi connectivity index (χ4n) is 4.03. The lowest BCUT2D eigenvalue weighted by Crippen LogP contribution is -2.51. The molecule has 0 saturated carbocycles. The second-order valence-corrected chi connectivity index (χ2v) is 7.86. The number of benzene rings is 2. The second kappa shape index (κ2) is 11.4. The van der Waals surface area contributed by atoms with E-state index >= 15 is 0 Å². The summed E-state index contributed by atoms with van der Waals surface area (Å²) >= 11 is 0. The van der Waals surface area contributed by atoms with Gasteiger partial charge in [0.05, 0.1) is 35.0 Å². The Morgan fingerprint density at radius 2 is 1.60 bits per heavy atom. The van der Waals surface area contributed by atoms with Crippen LogP contribution in [0.15, 0.2) is 48.5 Å². The van der Waals surface area contributed by atoms with Crippen molar-refractivity contribution in [3.63, 3.8) is 0 Å². The SMILES string of the molecule is COC(=O)[C@@H]1C(=O)N(Cc2ccc(OC)cc2OC)C(Cc2ccccc2)C(=O)N[C@H]1C(=O)OC. The molecule has 1 fully saturated rings. The van der Waals surface area contributed by atoms with Crippen LogP contribution in [0.3, 0.4) is 0 Å². The van der Waals surface area contributed by atoms with Crippen LogP contribution in [-0.4, -0.2) is 69.2 Å². The standard InChI is InChI=1S/C25H28N2O8/c1-32-17-11-10-16(19(13-17)33-2)14-27-18(12-15-8-6-5-7-9-15)22(28)26-21(25(31)35-4)20(23(27)29)24(30)34-3/h5-11,13,18,20-21H,12,14H2,1-4H3,(H,26,28)/t18?,20-,21+/m0/s1. The van der Waals surface area contributed by atoms with E-state index in [0.717, 1.165) is 19.8 Å². The van der Waals surface area contributed by atoms with Crippen LogP contribution >= 0.6 is 0 Å². The van der Waals surface area contributed by atoms with Crippen molar-refractivity contribution in [3.8, 4) is 11.5 Å². The molecular weight excluding hydrogens is 456 g/mol. The topological polar surface area (TPSA) is 120 Å². The number of rotatable bonds is 8. The average molecular weight is 485 g/mol. The van der Waals surface area contributed by atoms with E-state index in [1.54, 1.807) is 18.2 Å². The maximum absolute atomic E-state index is 13.8. The number of nitrogens with one attached hydrogen (secondary N) is 1. The number of hydrogen-bond donors (Lipinski definition) is 1. The number of nitrogens with zero attached hydrogens (tertiary/aromatic N) is 1. The predicted molar refractivity (Wildman–Crippen MR) is 123 cm³/mol. The lowest BCUT2D eigenvalue weighted by atomic mass is 9.97. The molecule has 1 saturated heterocycles. The summed E-state index contributed by atoms with van der Waals surface area (Å²) in [5, 5.41) is 2.53. The van der Waals surface area contributed by atoms with Gasteiger partial charge in [0.15, 0.2) is 5.92 Å². The lowest BCUT2D eigenvalue weighted by Gasteiger charge is -2.30. The van der Waals surface area contributed by atoms with E-state index in [1.807, 2.05) is 30.3 Å². The van der Waals surface area contributed by atoms with Gasteiger partial charge in [-0.05, 0) is 17.7 Å². The van der Waals surface area contributed by atoms with Crippen LogP contribution in [0.4, 0.5) is 0 Å². The fourth-order valence-corrected chi connectivity index (χ4v) is 4.03. The van der Waals surface area contributed by atoms with Gasteiger partial charge in [0.1, 0.15) is 23.6 Å². The Balaban J connectivity index is 2.11. The summed E-state index contributed by atoms with van der Waals surface area (Å²) in [5.74, 6) is -3.88. The van der Waals surface area contributed by atoms with E-state index in [9.17, 15) is 19.2 Å². The molecular formula is C25H28N2O8. The van der Waals surface area contributed by atoms with Crippen molar-refractivity contribution in [1.82, 2.24) is 10.2 Å². The van der Waals surface area contributed by atoms with E-state index < -0.39 is 41.8 Å². The number of esters is 2. The van der Waals surface area contributed by atoms with Gasteiger partial charge in [0, 0.05) is 18.1 Å². The first kappa shape index (κ1) is 25.5. The summed E-state index contributed by atoms with van der Waals surface area (Å²) in [6.45, 7) is -0.0711. The number of hydrogen-bond acceptors (Lipinski definition) is 8. The molecule has 2 amide bonds. The van der Waals surface area contributed by atoms with Crippen LogP contribution < -0.4 is 14.8 Å². The highest BCUT2D eigenvalue weighted by Crippen LogP contribution is 2.29. The van der Waals surface area contributed by atoms with Crippen LogP contribution in [-0.2, 0) is 41.6 Å². The van der Waals surface area contributed by atoms with E-state index in [2.05, 4.69) is 5.32 Å². The van der Waals surface area contributed by atoms with Crippen molar-refractivity contribution in [3.05, 3.63) is 59.7 Å². The molecule has 0 aromatic heterocycles. The van der Waals surface area contributed by atoms with Gasteiger partial charge in [-0.1, -0.05) is 30.3 Å². The number of carbonyl (C=O) groups excluding carboxylic acids is 4. The molecule has 35 heavy (non-hydrogen) atoms. The number of methoxy groups -OCH3 is 4. The molecule has 10 nitrogen and oxygen atoms in total. The molecule has 1 aliphatic rings. The minimum Gasteiger partial charge on any atom is -0.497 e. The zero-order chi connectivity index (χ0) is 25.5. The minimum absolute atomic E-state index is 0.0711. The number of amides is 2. The van der Waals surface area contributed by atoms with Crippen LogP contribution in [0.2, 0.25) is 0 Å². The Morgan fingerprint density at radius 3 is 2.20 bits per heavy atom. The van der Waals surface area contributed by atoms with Crippen molar-refractivity contribution in [1.29, 1.82) is 0 Å². The van der Waals surface area contributed by atoms with Crippen LogP contribution in [0, 0.1) is 5.92 Å². The van der Waals surface area contributed by atoms with Crippen LogP contribution in [0.25, 0.3) is 0 Å². The van der Waals surface area contributed by atoms with E-state index in [0.29, 0.717) is 17.1 Å². The summed E-state index contributed by atoms with van der Waals surface area (Å²) < 4.78 is 20.3. The Kier molecular flexibility index (Phi) is 8.30. The molecule has 1 N–H and O–H groups in total. The molecule has 3 atom stereocenters. The van der Waals surface area contributed by atoms with Crippen molar-refractivity contribution in [2.24, 2.45) is 5.92 Å². The van der Waals surface area contributed by atoms with Gasteiger partial charge in [-0.15, -0.1) is 0 Å². The maximum atomic E-state index is 13.8. The summed E-state index contributed by atoms with van der Waals surface area (Å²) in [7, 11) is 5.21. The largest absolute Gasteiger partial charge is 0.497 e. The first-order valence-electron chi connectivity index (χ1n) is 10.9. The first-order valence-corrected chi connectivity index (χ1v) is 10.9. The third-order valence-electron chi connectivity index (χ3n) is 5.88. The highest BCUT2D eigenvalue weighted by molar-refractivity contribution is 6.07. The number of carbonyl (C=O) groups is 4. The van der Waals surface area contributed by atoms with Gasteiger partial charge in [0.2, 0.25) is 11.8 Å². The number of ether oxygens (including phenoxy) is 4. The molecule has 2 aromatic rings. The molecule has 0 radical (unpaired) electrons. The Labute approximate surface area is 203 Å². The summed E-state index contributed by atoms with van der Waals surface area (Å²) in [6, 6.07) is 11.6. The van der Waals surface area contributed by atoms with Crippen molar-refractivity contribution < 1.29 is 38.1 Å². The van der Waals surface area contributed by atoms with Crippen LogP contribution in [0.1, 0.15) is 11.1 Å². The van der Waals surface area contributed by atoms with Gasteiger partial charge in [-0.2, -0.15) is 0 Å². The highest BCUT2D eigenvalue weighted by atomic mass is 16.5. The van der Waals surface area contributed by atoms with Crippen molar-refractivity contribution in [2.75, 3.05) is 28.4 Å². The van der Waals surface area contributed by atoms with E-state index in [4.69, 9.17) is 18.9 Å². The van der Waals surface area contributed by atoms with Crippen LogP contribution in [0.5, 0.6) is 11.5 Å². The van der Waals surface area contributed by atoms with Gasteiger partial charge in [-0.3, -0.25) is 14.4 Å². The summed E-state index contributed by atoms with van der Waals surface area (Å²) in [4.78, 5) is 53.6. The van der Waals surface area contributed by atoms with Gasteiger partial charge in [-0.25, -0.2) is 4.79 Å². The van der Waals surface area contributed by atoms with E-state index in [-0.39, 0.29) is 13.0 Å². The average Bonchev–Trinajstić information content (AvgIpc) is 2.98. The van der Waals surface area contributed by atoms with Crippen molar-refractivity contribution in [2.45, 2.75) is 25.0 Å². The Morgan fingerprint density at radius 1 is 0.914 bits per heavy atom. The normalized spacial score (nSPS) is 19.9. The third kappa shape index (κ3) is 5.53. The summed E-state index contributed by atoms with van der Waals surface area (Å²) in [6.07, 6.45) is 0.151. The Bertz CT molecular complexity index is 1090. The maximum Gasteiger partial charge on any atom is 0.329 e. The lowest BCUT2D eigenvalue weighted by molar-refractivity contribution is -0.161. The van der Waals surface area contributed by atoms with Crippen molar-refractivity contribution >= 4 is 23.8 Å². The molecule has 0 bridgehead atoms. The monoisotopic (exact) mass is 484 g/mol. The molecule has 1 heterocycles. The zero-order valence-electron chi connectivity index (χ0n) is 20.0. The molecule has 3 rings (SSSR count). The zero-order valence-corrected chi connectivity index (χ0v) is 20.0. The van der Waals surface area contributed by atoms with Gasteiger partial charge < -0.3 is 29.2 Å². The van der Waals surface area contributed by atoms with Gasteiger partial charge >= 0.3 is 11.9 Å². The minimum atomic E-state index is -1.62. The quantitative estimate of drug-likeness (QED) is 0.437. The summed E-state index contributed by atoms with van der Waals surface area (Å²) in [5.41, 5.74) is 1.37. The molecule has 2 aromatic carbocycles. The smallest absolute Gasteiger partial charge is 0.329 e.